The molecule has 10 nitrogen and oxygen atoms in total. The molecule has 1 fully saturated rings. The van der Waals surface area contributed by atoms with Crippen molar-refractivity contribution in [1.82, 2.24) is 24.2 Å². The number of rotatable bonds is 6. The topological polar surface area (TPSA) is 107 Å². The van der Waals surface area contributed by atoms with Gasteiger partial charge in [-0.05, 0) is 24.3 Å². The largest absolute Gasteiger partial charge is 0.497 e. The van der Waals surface area contributed by atoms with Gasteiger partial charge in [-0.1, -0.05) is 5.21 Å². The second-order valence-corrected chi connectivity index (χ2v) is 9.15. The van der Waals surface area contributed by atoms with Crippen molar-refractivity contribution in [3.8, 4) is 5.75 Å². The monoisotopic (exact) mass is 435 g/mol. The molecule has 1 amide bonds. The van der Waals surface area contributed by atoms with E-state index in [9.17, 15) is 13.2 Å². The number of amides is 1. The van der Waals surface area contributed by atoms with Crippen LogP contribution in [0.4, 0.5) is 0 Å². The maximum Gasteiger partial charge on any atom is 0.243 e. The standard InChI is InChI=1S/C19H25N5O5S/c1-28-15-2-4-16(5-3-15)30(26,27)23-8-9-24-18(14-23)17(20-21-24)6-7-19(25)22-10-12-29-13-11-22/h2-5H,6-14H2,1H3. The lowest BCUT2D eigenvalue weighted by Gasteiger charge is -2.28. The lowest BCUT2D eigenvalue weighted by molar-refractivity contribution is -0.135. The van der Waals surface area contributed by atoms with Gasteiger partial charge in [0.1, 0.15) is 5.75 Å². The number of fused-ring (bicyclic) bond motifs is 1. The van der Waals surface area contributed by atoms with E-state index in [2.05, 4.69) is 10.3 Å². The van der Waals surface area contributed by atoms with Gasteiger partial charge in [0.25, 0.3) is 0 Å². The first-order chi connectivity index (χ1) is 14.5. The molecule has 30 heavy (non-hydrogen) atoms. The van der Waals surface area contributed by atoms with Crippen LogP contribution >= 0.6 is 0 Å². The summed E-state index contributed by atoms with van der Waals surface area (Å²) in [5, 5.41) is 8.35. The van der Waals surface area contributed by atoms with Crippen molar-refractivity contribution < 1.29 is 22.7 Å². The average molecular weight is 436 g/mol. The average Bonchev–Trinajstić information content (AvgIpc) is 3.20. The van der Waals surface area contributed by atoms with Crippen molar-refractivity contribution in [1.29, 1.82) is 0 Å². The van der Waals surface area contributed by atoms with Crippen molar-refractivity contribution in [3.63, 3.8) is 0 Å². The highest BCUT2D eigenvalue weighted by atomic mass is 32.2. The molecule has 0 atom stereocenters. The number of nitrogens with zero attached hydrogens (tertiary/aromatic N) is 5. The van der Waals surface area contributed by atoms with Crippen molar-refractivity contribution in [2.45, 2.75) is 30.8 Å². The van der Waals surface area contributed by atoms with Crippen LogP contribution < -0.4 is 4.74 Å². The highest BCUT2D eigenvalue weighted by molar-refractivity contribution is 7.89. The minimum atomic E-state index is -3.65. The normalized spacial score (nSPS) is 17.6. The fourth-order valence-corrected chi connectivity index (χ4v) is 5.06. The molecule has 0 unspecified atom stereocenters. The Labute approximate surface area is 175 Å². The van der Waals surface area contributed by atoms with Crippen LogP contribution in [-0.2, 0) is 39.1 Å². The van der Waals surface area contributed by atoms with Crippen molar-refractivity contribution >= 4 is 15.9 Å². The summed E-state index contributed by atoms with van der Waals surface area (Å²) in [6, 6.07) is 6.34. The van der Waals surface area contributed by atoms with E-state index in [1.807, 2.05) is 0 Å². The quantitative estimate of drug-likeness (QED) is 0.642. The number of hydrogen-bond acceptors (Lipinski definition) is 7. The van der Waals surface area contributed by atoms with E-state index in [1.165, 1.54) is 11.4 Å². The molecule has 0 bridgehead atoms. The Kier molecular flexibility index (Phi) is 6.02. The van der Waals surface area contributed by atoms with E-state index in [0.29, 0.717) is 63.7 Å². The molecule has 0 aliphatic carbocycles. The van der Waals surface area contributed by atoms with Crippen LogP contribution in [0.15, 0.2) is 29.2 Å². The fourth-order valence-electron chi connectivity index (χ4n) is 3.67. The summed E-state index contributed by atoms with van der Waals surface area (Å²) in [5.74, 6) is 0.653. The smallest absolute Gasteiger partial charge is 0.243 e. The summed E-state index contributed by atoms with van der Waals surface area (Å²) < 4.78 is 39.7. The van der Waals surface area contributed by atoms with Crippen LogP contribution in [0.2, 0.25) is 0 Å². The maximum absolute atomic E-state index is 13.1. The van der Waals surface area contributed by atoms with E-state index < -0.39 is 10.0 Å². The Balaban J connectivity index is 1.45. The van der Waals surface area contributed by atoms with Crippen LogP contribution in [0.3, 0.4) is 0 Å². The molecule has 1 aromatic heterocycles. The molecule has 2 aromatic rings. The third-order valence-corrected chi connectivity index (χ3v) is 7.30. The van der Waals surface area contributed by atoms with Crippen LogP contribution in [0.5, 0.6) is 5.75 Å². The molecule has 4 rings (SSSR count). The molecule has 2 aliphatic rings. The molecule has 1 aromatic carbocycles. The second kappa shape index (κ2) is 8.70. The van der Waals surface area contributed by atoms with E-state index in [1.54, 1.807) is 33.8 Å². The van der Waals surface area contributed by atoms with E-state index >= 15 is 0 Å². The van der Waals surface area contributed by atoms with Gasteiger partial charge in [-0.25, -0.2) is 13.1 Å². The van der Waals surface area contributed by atoms with Gasteiger partial charge < -0.3 is 14.4 Å². The summed E-state index contributed by atoms with van der Waals surface area (Å²) in [6.07, 6.45) is 0.749. The molecule has 3 heterocycles. The summed E-state index contributed by atoms with van der Waals surface area (Å²) in [7, 11) is -2.12. The molecule has 0 saturated carbocycles. The van der Waals surface area contributed by atoms with Crippen molar-refractivity contribution in [3.05, 3.63) is 35.7 Å². The van der Waals surface area contributed by atoms with E-state index in [0.717, 1.165) is 5.69 Å². The predicted molar refractivity (Wildman–Crippen MR) is 106 cm³/mol. The highest BCUT2D eigenvalue weighted by Gasteiger charge is 2.31. The molecule has 0 N–H and O–H groups in total. The molecule has 11 heteroatoms. The Morgan fingerprint density at radius 3 is 2.57 bits per heavy atom. The number of benzene rings is 1. The number of sulfonamides is 1. The Morgan fingerprint density at radius 1 is 1.13 bits per heavy atom. The zero-order chi connectivity index (χ0) is 21.1. The van der Waals surface area contributed by atoms with Gasteiger partial charge in [0.15, 0.2) is 0 Å². The SMILES string of the molecule is COc1ccc(S(=O)(=O)N2CCn3nnc(CCC(=O)N4CCOCC4)c3C2)cc1. The van der Waals surface area contributed by atoms with Crippen LogP contribution in [-0.4, -0.2) is 78.5 Å². The van der Waals surface area contributed by atoms with Crippen molar-refractivity contribution in [2.24, 2.45) is 0 Å². The lowest BCUT2D eigenvalue weighted by Crippen LogP contribution is -2.41. The molecule has 0 radical (unpaired) electrons. The third-order valence-electron chi connectivity index (χ3n) is 5.44. The summed E-state index contributed by atoms with van der Waals surface area (Å²) in [6.45, 7) is 3.25. The van der Waals surface area contributed by atoms with Crippen LogP contribution in [0.25, 0.3) is 0 Å². The van der Waals surface area contributed by atoms with Gasteiger partial charge in [0, 0.05) is 32.5 Å². The fraction of sp³-hybridized carbons (Fsp3) is 0.526. The first-order valence-corrected chi connectivity index (χ1v) is 11.3. The number of ether oxygens (including phenoxy) is 2. The van der Waals surface area contributed by atoms with Gasteiger partial charge in [-0.3, -0.25) is 4.79 Å². The molecule has 2 aliphatic heterocycles. The van der Waals surface area contributed by atoms with Crippen molar-refractivity contribution in [2.75, 3.05) is 40.0 Å². The number of carbonyl (C=O) groups is 1. The second-order valence-electron chi connectivity index (χ2n) is 7.21. The maximum atomic E-state index is 13.1. The number of morpholine rings is 1. The van der Waals surface area contributed by atoms with E-state index in [4.69, 9.17) is 9.47 Å². The molecule has 0 spiro atoms. The summed E-state index contributed by atoms with van der Waals surface area (Å²) >= 11 is 0. The number of aromatic nitrogens is 3. The zero-order valence-corrected chi connectivity index (χ0v) is 17.7. The molecule has 162 valence electrons. The first-order valence-electron chi connectivity index (χ1n) is 9.90. The van der Waals surface area contributed by atoms with E-state index in [-0.39, 0.29) is 17.3 Å². The number of hydrogen-bond donors (Lipinski definition) is 0. The zero-order valence-electron chi connectivity index (χ0n) is 16.9. The molecule has 1 saturated heterocycles. The summed E-state index contributed by atoms with van der Waals surface area (Å²) in [5.41, 5.74) is 1.42. The van der Waals surface area contributed by atoms with Crippen LogP contribution in [0, 0.1) is 0 Å². The Morgan fingerprint density at radius 2 is 1.87 bits per heavy atom. The minimum absolute atomic E-state index is 0.0542. The highest BCUT2D eigenvalue weighted by Crippen LogP contribution is 2.24. The number of aryl methyl sites for hydroxylation is 1. The molecular formula is C19H25N5O5S. The third kappa shape index (κ3) is 4.18. The molecular weight excluding hydrogens is 410 g/mol. The summed E-state index contributed by atoms with van der Waals surface area (Å²) in [4.78, 5) is 14.4. The van der Waals surface area contributed by atoms with Gasteiger partial charge in [0.05, 0.1) is 49.7 Å². The lowest BCUT2D eigenvalue weighted by atomic mass is 10.1. The first kappa shape index (κ1) is 20.8. The Bertz CT molecular complexity index is 999. The van der Waals surface area contributed by atoms with Gasteiger partial charge in [0.2, 0.25) is 15.9 Å². The van der Waals surface area contributed by atoms with Gasteiger partial charge in [-0.15, -0.1) is 5.10 Å². The predicted octanol–water partition coefficient (Wildman–Crippen LogP) is 0.283. The minimum Gasteiger partial charge on any atom is -0.497 e. The van der Waals surface area contributed by atoms with Crippen LogP contribution in [0.1, 0.15) is 17.8 Å². The number of methoxy groups -OCH3 is 1. The Hall–Kier alpha value is -2.50. The van der Waals surface area contributed by atoms with Gasteiger partial charge in [-0.2, -0.15) is 4.31 Å². The van der Waals surface area contributed by atoms with Gasteiger partial charge >= 0.3 is 0 Å². The number of carbonyl (C=O) groups excluding carboxylic acids is 1.